The van der Waals surface area contributed by atoms with Gasteiger partial charge >= 0.3 is 5.97 Å². The molecule has 1 unspecified atom stereocenters. The first-order valence-corrected chi connectivity index (χ1v) is 4.45. The second kappa shape index (κ2) is 3.42. The summed E-state index contributed by atoms with van der Waals surface area (Å²) in [6, 6.07) is 5.65. The molecule has 1 rings (SSSR count). The fourth-order valence-corrected chi connectivity index (χ4v) is 1.41. The van der Waals surface area contributed by atoms with Crippen LogP contribution in [0.3, 0.4) is 0 Å². The van der Waals surface area contributed by atoms with Gasteiger partial charge in [-0.25, -0.2) is 4.79 Å². The van der Waals surface area contributed by atoms with Crippen molar-refractivity contribution in [3.8, 4) is 0 Å². The summed E-state index contributed by atoms with van der Waals surface area (Å²) in [5.41, 5.74) is 7.04. The molecule has 0 saturated carbocycles. The van der Waals surface area contributed by atoms with Crippen LogP contribution in [0.2, 0.25) is 0 Å². The van der Waals surface area contributed by atoms with Crippen LogP contribution in [-0.2, 0) is 10.3 Å². The van der Waals surface area contributed by atoms with Gasteiger partial charge in [-0.2, -0.15) is 0 Å². The van der Waals surface area contributed by atoms with Crippen LogP contribution >= 0.6 is 0 Å². The van der Waals surface area contributed by atoms with Crippen LogP contribution in [0, 0.1) is 13.8 Å². The molecule has 0 aliphatic heterocycles. The Bertz CT molecular complexity index is 370. The van der Waals surface area contributed by atoms with Gasteiger partial charge in [0.25, 0.3) is 0 Å². The van der Waals surface area contributed by atoms with Gasteiger partial charge < -0.3 is 10.8 Å². The Labute approximate surface area is 83.6 Å². The summed E-state index contributed by atoms with van der Waals surface area (Å²) in [5.74, 6) is -1.01. The smallest absolute Gasteiger partial charge is 0.328 e. The average molecular weight is 193 g/mol. The lowest BCUT2D eigenvalue weighted by Gasteiger charge is -2.22. The lowest BCUT2D eigenvalue weighted by molar-refractivity contribution is -0.143. The minimum absolute atomic E-state index is 0.671. The third-order valence-electron chi connectivity index (χ3n) is 2.40. The van der Waals surface area contributed by atoms with Crippen LogP contribution in [0.15, 0.2) is 18.2 Å². The molecule has 0 bridgehead atoms. The van der Waals surface area contributed by atoms with Crippen molar-refractivity contribution in [2.24, 2.45) is 5.73 Å². The maximum absolute atomic E-state index is 11.0. The van der Waals surface area contributed by atoms with Gasteiger partial charge in [-0.15, -0.1) is 0 Å². The van der Waals surface area contributed by atoms with Gasteiger partial charge in [0.1, 0.15) is 5.54 Å². The van der Waals surface area contributed by atoms with E-state index in [2.05, 4.69) is 0 Å². The number of hydrogen-bond acceptors (Lipinski definition) is 2. The van der Waals surface area contributed by atoms with Crippen LogP contribution < -0.4 is 5.73 Å². The Hall–Kier alpha value is -1.35. The van der Waals surface area contributed by atoms with E-state index in [1.54, 1.807) is 0 Å². The molecule has 0 saturated heterocycles. The highest BCUT2D eigenvalue weighted by atomic mass is 16.4. The van der Waals surface area contributed by atoms with E-state index in [0.29, 0.717) is 5.56 Å². The lowest BCUT2D eigenvalue weighted by Crippen LogP contribution is -2.42. The summed E-state index contributed by atoms with van der Waals surface area (Å²) >= 11 is 0. The molecule has 1 atom stereocenters. The van der Waals surface area contributed by atoms with Crippen molar-refractivity contribution in [3.63, 3.8) is 0 Å². The molecule has 3 N–H and O–H groups in total. The van der Waals surface area contributed by atoms with Crippen molar-refractivity contribution in [1.82, 2.24) is 0 Å². The molecule has 1 aromatic carbocycles. The van der Waals surface area contributed by atoms with Gasteiger partial charge in [0.2, 0.25) is 0 Å². The van der Waals surface area contributed by atoms with Crippen molar-refractivity contribution in [1.29, 1.82) is 0 Å². The Morgan fingerprint density at radius 1 is 1.43 bits per heavy atom. The molecular formula is C11H15NO2. The van der Waals surface area contributed by atoms with Gasteiger partial charge in [-0.1, -0.05) is 23.8 Å². The molecule has 76 valence electrons. The molecule has 3 nitrogen and oxygen atoms in total. The summed E-state index contributed by atoms with van der Waals surface area (Å²) in [6.07, 6.45) is 0. The minimum Gasteiger partial charge on any atom is -0.480 e. The average Bonchev–Trinajstić information content (AvgIpc) is 2.08. The molecule has 3 heteroatoms. The summed E-state index contributed by atoms with van der Waals surface area (Å²) < 4.78 is 0. The van der Waals surface area contributed by atoms with Gasteiger partial charge in [0.15, 0.2) is 0 Å². The minimum atomic E-state index is -1.31. The standard InChI is InChI=1S/C11H15NO2/c1-7-4-5-8(2)9(6-7)11(3,12)10(13)14/h4-6H,12H2,1-3H3,(H,13,14). The van der Waals surface area contributed by atoms with E-state index < -0.39 is 11.5 Å². The third kappa shape index (κ3) is 1.77. The topological polar surface area (TPSA) is 63.3 Å². The number of carbonyl (C=O) groups is 1. The zero-order valence-electron chi connectivity index (χ0n) is 8.66. The van der Waals surface area contributed by atoms with Crippen molar-refractivity contribution >= 4 is 5.97 Å². The van der Waals surface area contributed by atoms with E-state index in [9.17, 15) is 4.79 Å². The highest BCUT2D eigenvalue weighted by molar-refractivity contribution is 5.80. The second-order valence-electron chi connectivity index (χ2n) is 3.83. The number of rotatable bonds is 2. The molecule has 0 fully saturated rings. The zero-order valence-corrected chi connectivity index (χ0v) is 8.66. The van der Waals surface area contributed by atoms with Crippen LogP contribution in [0.5, 0.6) is 0 Å². The Morgan fingerprint density at radius 3 is 2.50 bits per heavy atom. The number of hydrogen-bond donors (Lipinski definition) is 2. The molecule has 1 aromatic rings. The van der Waals surface area contributed by atoms with Gasteiger partial charge in [0.05, 0.1) is 0 Å². The van der Waals surface area contributed by atoms with E-state index >= 15 is 0 Å². The highest BCUT2D eigenvalue weighted by Gasteiger charge is 2.31. The maximum atomic E-state index is 11.0. The van der Waals surface area contributed by atoms with E-state index in [0.717, 1.165) is 11.1 Å². The first-order valence-electron chi connectivity index (χ1n) is 4.45. The number of benzene rings is 1. The Morgan fingerprint density at radius 2 is 2.00 bits per heavy atom. The van der Waals surface area contributed by atoms with E-state index in [4.69, 9.17) is 10.8 Å². The largest absolute Gasteiger partial charge is 0.480 e. The van der Waals surface area contributed by atoms with Crippen molar-refractivity contribution in [2.45, 2.75) is 26.3 Å². The molecular weight excluding hydrogens is 178 g/mol. The van der Waals surface area contributed by atoms with Crippen LogP contribution in [0.4, 0.5) is 0 Å². The number of carboxylic acid groups (broad SMARTS) is 1. The fourth-order valence-electron chi connectivity index (χ4n) is 1.41. The molecule has 0 radical (unpaired) electrons. The molecule has 0 aliphatic carbocycles. The summed E-state index contributed by atoms with van der Waals surface area (Å²) in [5, 5.41) is 8.99. The predicted molar refractivity (Wildman–Crippen MR) is 55.1 cm³/mol. The molecule has 14 heavy (non-hydrogen) atoms. The van der Waals surface area contributed by atoms with Crippen LogP contribution in [0.25, 0.3) is 0 Å². The monoisotopic (exact) mass is 193 g/mol. The fraction of sp³-hybridized carbons (Fsp3) is 0.364. The lowest BCUT2D eigenvalue weighted by atomic mass is 9.88. The molecule has 0 aromatic heterocycles. The number of carboxylic acids is 1. The molecule has 0 spiro atoms. The number of aryl methyl sites for hydroxylation is 2. The third-order valence-corrected chi connectivity index (χ3v) is 2.40. The summed E-state index contributed by atoms with van der Waals surface area (Å²) in [6.45, 7) is 5.29. The predicted octanol–water partition coefficient (Wildman–Crippen LogP) is 1.56. The van der Waals surface area contributed by atoms with Gasteiger partial charge in [-0.3, -0.25) is 0 Å². The Balaban J connectivity index is 3.31. The van der Waals surface area contributed by atoms with Gasteiger partial charge in [-0.05, 0) is 31.9 Å². The molecule has 0 aliphatic rings. The Kier molecular flexibility index (Phi) is 2.62. The molecule has 0 amide bonds. The van der Waals surface area contributed by atoms with E-state index in [-0.39, 0.29) is 0 Å². The zero-order chi connectivity index (χ0) is 10.9. The van der Waals surface area contributed by atoms with Crippen LogP contribution in [0.1, 0.15) is 23.6 Å². The number of aliphatic carboxylic acids is 1. The van der Waals surface area contributed by atoms with Crippen molar-refractivity contribution < 1.29 is 9.90 Å². The van der Waals surface area contributed by atoms with Crippen LogP contribution in [-0.4, -0.2) is 11.1 Å². The van der Waals surface area contributed by atoms with Crippen molar-refractivity contribution in [2.75, 3.05) is 0 Å². The van der Waals surface area contributed by atoms with E-state index in [1.807, 2.05) is 32.0 Å². The second-order valence-corrected chi connectivity index (χ2v) is 3.83. The first-order chi connectivity index (χ1) is 6.35. The quantitative estimate of drug-likeness (QED) is 0.749. The SMILES string of the molecule is Cc1ccc(C)c(C(C)(N)C(=O)O)c1. The highest BCUT2D eigenvalue weighted by Crippen LogP contribution is 2.22. The van der Waals surface area contributed by atoms with E-state index in [1.165, 1.54) is 6.92 Å². The summed E-state index contributed by atoms with van der Waals surface area (Å²) in [7, 11) is 0. The maximum Gasteiger partial charge on any atom is 0.328 e. The van der Waals surface area contributed by atoms with Crippen molar-refractivity contribution in [3.05, 3.63) is 34.9 Å². The molecule has 0 heterocycles. The normalized spacial score (nSPS) is 14.9. The number of nitrogens with two attached hydrogens (primary N) is 1. The summed E-state index contributed by atoms with van der Waals surface area (Å²) in [4.78, 5) is 11.0. The van der Waals surface area contributed by atoms with Gasteiger partial charge in [0, 0.05) is 0 Å². The first kappa shape index (κ1) is 10.7.